The first-order valence-corrected chi connectivity index (χ1v) is 6.02. The van der Waals surface area contributed by atoms with E-state index in [1.165, 1.54) is 16.7 Å². The summed E-state index contributed by atoms with van der Waals surface area (Å²) >= 11 is 0. The van der Waals surface area contributed by atoms with Gasteiger partial charge in [-0.05, 0) is 36.6 Å². The van der Waals surface area contributed by atoms with Crippen LogP contribution in [0.25, 0.3) is 0 Å². The molecule has 0 saturated heterocycles. The maximum absolute atomic E-state index is 5.56. The van der Waals surface area contributed by atoms with Crippen LogP contribution in [0.5, 0.6) is 0 Å². The number of rotatable bonds is 5. The van der Waals surface area contributed by atoms with Crippen molar-refractivity contribution in [2.45, 2.75) is 33.2 Å². The number of hydrogen-bond acceptors (Lipinski definition) is 2. The normalized spacial score (nSPS) is 11.4. The molecule has 0 aliphatic heterocycles. The van der Waals surface area contributed by atoms with Gasteiger partial charge in [0.1, 0.15) is 0 Å². The van der Waals surface area contributed by atoms with Crippen LogP contribution in [0, 0.1) is 6.92 Å². The zero-order chi connectivity index (χ0) is 12.1. The van der Waals surface area contributed by atoms with E-state index >= 15 is 0 Å². The third-order valence-corrected chi connectivity index (χ3v) is 2.99. The first kappa shape index (κ1) is 13.2. The number of aryl methyl sites for hydroxylation is 1. The third kappa shape index (κ3) is 3.62. The summed E-state index contributed by atoms with van der Waals surface area (Å²) in [5, 5.41) is 0. The number of nitrogens with zero attached hydrogens (tertiary/aromatic N) is 1. The molecule has 0 saturated carbocycles. The van der Waals surface area contributed by atoms with E-state index < -0.39 is 0 Å². The van der Waals surface area contributed by atoms with Crippen LogP contribution in [0.15, 0.2) is 18.2 Å². The Morgan fingerprint density at radius 1 is 1.31 bits per heavy atom. The van der Waals surface area contributed by atoms with E-state index in [1.807, 2.05) is 0 Å². The quantitative estimate of drug-likeness (QED) is 0.826. The summed E-state index contributed by atoms with van der Waals surface area (Å²) in [6, 6.07) is 6.78. The van der Waals surface area contributed by atoms with Gasteiger partial charge in [0.2, 0.25) is 0 Å². The second-order valence-corrected chi connectivity index (χ2v) is 4.87. The molecule has 0 heterocycles. The maximum Gasteiger partial charge on any atom is 0.0233 e. The minimum absolute atomic E-state index is 0.596. The summed E-state index contributed by atoms with van der Waals surface area (Å²) < 4.78 is 0. The zero-order valence-electron chi connectivity index (χ0n) is 11.0. The predicted molar refractivity (Wildman–Crippen MR) is 70.7 cm³/mol. The zero-order valence-corrected chi connectivity index (χ0v) is 11.0. The summed E-state index contributed by atoms with van der Waals surface area (Å²) in [6.07, 6.45) is 0. The second-order valence-electron chi connectivity index (χ2n) is 4.87. The number of likely N-dealkylation sites (N-methyl/N-ethyl adjacent to an activating group) is 1. The topological polar surface area (TPSA) is 29.3 Å². The van der Waals surface area contributed by atoms with Gasteiger partial charge in [-0.3, -0.25) is 0 Å². The fourth-order valence-corrected chi connectivity index (χ4v) is 1.81. The van der Waals surface area contributed by atoms with E-state index in [0.717, 1.165) is 19.6 Å². The lowest BCUT2D eigenvalue weighted by Crippen LogP contribution is -2.25. The van der Waals surface area contributed by atoms with Gasteiger partial charge in [0.05, 0.1) is 0 Å². The van der Waals surface area contributed by atoms with Crippen LogP contribution in [0.1, 0.15) is 36.5 Å². The van der Waals surface area contributed by atoms with Crippen molar-refractivity contribution in [2.24, 2.45) is 5.73 Å². The molecule has 90 valence electrons. The highest BCUT2D eigenvalue weighted by Crippen LogP contribution is 2.19. The van der Waals surface area contributed by atoms with Crippen LogP contribution >= 0.6 is 0 Å². The summed E-state index contributed by atoms with van der Waals surface area (Å²) in [6.45, 7) is 9.31. The van der Waals surface area contributed by atoms with Crippen molar-refractivity contribution in [1.29, 1.82) is 0 Å². The standard InChI is InChI=1S/C14H24N2/c1-11(2)13-6-5-12(3)14(9-13)10-16(4)8-7-15/h5-6,9,11H,7-8,10,15H2,1-4H3. The van der Waals surface area contributed by atoms with E-state index in [1.54, 1.807) is 0 Å². The van der Waals surface area contributed by atoms with Crippen molar-refractivity contribution in [3.05, 3.63) is 34.9 Å². The molecule has 0 amide bonds. The molecule has 1 aromatic rings. The Labute approximate surface area is 99.5 Å². The smallest absolute Gasteiger partial charge is 0.0233 e. The van der Waals surface area contributed by atoms with E-state index in [-0.39, 0.29) is 0 Å². The van der Waals surface area contributed by atoms with Crippen LogP contribution in [0.2, 0.25) is 0 Å². The van der Waals surface area contributed by atoms with Gasteiger partial charge in [0.25, 0.3) is 0 Å². The van der Waals surface area contributed by atoms with E-state index in [4.69, 9.17) is 5.73 Å². The van der Waals surface area contributed by atoms with Gasteiger partial charge in [-0.25, -0.2) is 0 Å². The molecule has 2 nitrogen and oxygen atoms in total. The van der Waals surface area contributed by atoms with Gasteiger partial charge >= 0.3 is 0 Å². The Kier molecular flexibility index (Phi) is 4.97. The lowest BCUT2D eigenvalue weighted by molar-refractivity contribution is 0.335. The largest absolute Gasteiger partial charge is 0.329 e. The molecule has 2 heteroatoms. The summed E-state index contributed by atoms with van der Waals surface area (Å²) in [5.74, 6) is 0.596. The van der Waals surface area contributed by atoms with Crippen molar-refractivity contribution in [1.82, 2.24) is 4.90 Å². The van der Waals surface area contributed by atoms with Gasteiger partial charge < -0.3 is 10.6 Å². The monoisotopic (exact) mass is 220 g/mol. The molecule has 0 aliphatic carbocycles. The van der Waals surface area contributed by atoms with Crippen LogP contribution < -0.4 is 5.73 Å². The van der Waals surface area contributed by atoms with E-state index in [2.05, 4.69) is 50.9 Å². The lowest BCUT2D eigenvalue weighted by atomic mass is 9.97. The van der Waals surface area contributed by atoms with E-state index in [9.17, 15) is 0 Å². The SMILES string of the molecule is Cc1ccc(C(C)C)cc1CN(C)CCN. The molecule has 16 heavy (non-hydrogen) atoms. The minimum atomic E-state index is 0.596. The Morgan fingerprint density at radius 3 is 2.56 bits per heavy atom. The molecule has 0 spiro atoms. The number of benzene rings is 1. The van der Waals surface area contributed by atoms with Crippen LogP contribution in [0.3, 0.4) is 0 Å². The lowest BCUT2D eigenvalue weighted by Gasteiger charge is -2.18. The Hall–Kier alpha value is -0.860. The summed E-state index contributed by atoms with van der Waals surface area (Å²) in [4.78, 5) is 2.27. The highest BCUT2D eigenvalue weighted by atomic mass is 15.1. The molecule has 0 unspecified atom stereocenters. The maximum atomic E-state index is 5.56. The van der Waals surface area contributed by atoms with Crippen LogP contribution in [-0.2, 0) is 6.54 Å². The van der Waals surface area contributed by atoms with Crippen molar-refractivity contribution >= 4 is 0 Å². The minimum Gasteiger partial charge on any atom is -0.329 e. The van der Waals surface area contributed by atoms with Gasteiger partial charge in [-0.1, -0.05) is 32.0 Å². The molecule has 0 radical (unpaired) electrons. The molecular weight excluding hydrogens is 196 g/mol. The van der Waals surface area contributed by atoms with Crippen molar-refractivity contribution in [2.75, 3.05) is 20.1 Å². The molecule has 2 N–H and O–H groups in total. The average Bonchev–Trinajstić information content (AvgIpc) is 2.21. The predicted octanol–water partition coefficient (Wildman–Crippen LogP) is 2.51. The molecule has 0 fully saturated rings. The Morgan fingerprint density at radius 2 is 2.00 bits per heavy atom. The van der Waals surface area contributed by atoms with Gasteiger partial charge in [-0.15, -0.1) is 0 Å². The number of nitrogens with two attached hydrogens (primary N) is 1. The van der Waals surface area contributed by atoms with Gasteiger partial charge in [0.15, 0.2) is 0 Å². The summed E-state index contributed by atoms with van der Waals surface area (Å²) in [5.41, 5.74) is 9.76. The molecule has 0 atom stereocenters. The highest BCUT2D eigenvalue weighted by Gasteiger charge is 2.05. The highest BCUT2D eigenvalue weighted by molar-refractivity contribution is 5.32. The molecule has 0 bridgehead atoms. The average molecular weight is 220 g/mol. The fraction of sp³-hybridized carbons (Fsp3) is 0.571. The van der Waals surface area contributed by atoms with Crippen molar-refractivity contribution in [3.8, 4) is 0 Å². The van der Waals surface area contributed by atoms with Gasteiger partial charge in [-0.2, -0.15) is 0 Å². The Balaban J connectivity index is 2.81. The third-order valence-electron chi connectivity index (χ3n) is 2.99. The first-order chi connectivity index (χ1) is 7.54. The molecule has 1 aromatic carbocycles. The van der Waals surface area contributed by atoms with Crippen molar-refractivity contribution in [3.63, 3.8) is 0 Å². The van der Waals surface area contributed by atoms with Crippen molar-refractivity contribution < 1.29 is 0 Å². The first-order valence-electron chi connectivity index (χ1n) is 6.02. The second kappa shape index (κ2) is 6.02. The fourth-order valence-electron chi connectivity index (χ4n) is 1.81. The molecule has 0 aliphatic rings. The summed E-state index contributed by atoms with van der Waals surface area (Å²) in [7, 11) is 2.12. The van der Waals surface area contributed by atoms with Crippen LogP contribution in [0.4, 0.5) is 0 Å². The molecule has 0 aromatic heterocycles. The Bertz CT molecular complexity index is 332. The number of hydrogen-bond donors (Lipinski definition) is 1. The molecule has 1 rings (SSSR count). The van der Waals surface area contributed by atoms with Gasteiger partial charge in [0, 0.05) is 19.6 Å². The van der Waals surface area contributed by atoms with E-state index in [0.29, 0.717) is 5.92 Å². The molecular formula is C14H24N2. The van der Waals surface area contributed by atoms with Crippen LogP contribution in [-0.4, -0.2) is 25.0 Å².